The largest absolute Gasteiger partial charge is 0.309 e. The molecule has 1 aliphatic carbocycles. The minimum absolute atomic E-state index is 0.472. The molecule has 14 rings (SSSR count). The zero-order valence-corrected chi connectivity index (χ0v) is 34.9. The molecule has 0 amide bonds. The Morgan fingerprint density at radius 2 is 0.703 bits per heavy atom. The molecule has 0 atom stereocenters. The van der Waals surface area contributed by atoms with Gasteiger partial charge >= 0.3 is 0 Å². The van der Waals surface area contributed by atoms with E-state index >= 15 is 0 Å². The Balaban J connectivity index is 1.16. The van der Waals surface area contributed by atoms with E-state index in [-0.39, 0.29) is 0 Å². The summed E-state index contributed by atoms with van der Waals surface area (Å²) in [6.07, 6.45) is 0. The molecule has 10 aromatic carbocycles. The predicted molar refractivity (Wildman–Crippen MR) is 267 cm³/mol. The number of fused-ring (bicyclic) bond motifs is 14. The van der Waals surface area contributed by atoms with Crippen LogP contribution in [0.15, 0.2) is 237 Å². The number of benzene rings is 10. The van der Waals surface area contributed by atoms with Gasteiger partial charge in [-0.2, -0.15) is 0 Å². The van der Waals surface area contributed by atoms with Crippen LogP contribution in [-0.2, 0) is 5.41 Å². The standard InChI is InChI=1S/C61H39N3/c1-5-19-40(20-6-1)61(41-21-7-2-8-22-41)51-30-16-13-27-45(51)50-39-44(33-36-52(50)61)64-54-32-18-15-29-47(54)49-35-38-56-58(60(49)64)57-55(62(56)42-23-9-3-10-24-42)37-34-48-46-28-14-17-31-53(46)63(59(48)57)43-25-11-4-12-26-43/h1-39H. The fourth-order valence-corrected chi connectivity index (χ4v) is 11.6. The van der Waals surface area contributed by atoms with Crippen molar-refractivity contribution in [3.05, 3.63) is 259 Å². The second-order valence-electron chi connectivity index (χ2n) is 17.2. The molecule has 0 saturated heterocycles. The summed E-state index contributed by atoms with van der Waals surface area (Å²) in [6.45, 7) is 0. The van der Waals surface area contributed by atoms with Crippen molar-refractivity contribution in [1.29, 1.82) is 0 Å². The molecule has 0 N–H and O–H groups in total. The van der Waals surface area contributed by atoms with Crippen molar-refractivity contribution in [3.63, 3.8) is 0 Å². The van der Waals surface area contributed by atoms with Crippen LogP contribution in [0.4, 0.5) is 0 Å². The van der Waals surface area contributed by atoms with Gasteiger partial charge in [-0.15, -0.1) is 0 Å². The SMILES string of the molecule is c1ccc(-n2c3ccc4c5ccccc5n(-c5ccccc5)c4c3c3c2ccc2c4ccccc4n(-c4ccc5c(c4)-c4ccccc4C5(c4ccccc4)c4ccccc4)c23)cc1. The van der Waals surface area contributed by atoms with E-state index in [1.54, 1.807) is 0 Å². The fraction of sp³-hybridized carbons (Fsp3) is 0.0164. The monoisotopic (exact) mass is 813 g/mol. The highest BCUT2D eigenvalue weighted by atomic mass is 15.0. The molecule has 3 nitrogen and oxygen atoms in total. The van der Waals surface area contributed by atoms with Gasteiger partial charge in [0.1, 0.15) is 0 Å². The number of nitrogens with zero attached hydrogens (tertiary/aromatic N) is 3. The van der Waals surface area contributed by atoms with Crippen molar-refractivity contribution in [1.82, 2.24) is 13.7 Å². The summed E-state index contributed by atoms with van der Waals surface area (Å²) in [7, 11) is 0. The van der Waals surface area contributed by atoms with Crippen LogP contribution in [0.1, 0.15) is 22.3 Å². The predicted octanol–water partition coefficient (Wildman–Crippen LogP) is 15.3. The Hall–Kier alpha value is -8.40. The van der Waals surface area contributed by atoms with E-state index in [0.29, 0.717) is 0 Å². The van der Waals surface area contributed by atoms with Gasteiger partial charge in [-0.1, -0.05) is 176 Å². The van der Waals surface area contributed by atoms with Crippen molar-refractivity contribution >= 4 is 65.4 Å². The normalized spacial score (nSPS) is 13.1. The molecule has 0 fully saturated rings. The first-order chi connectivity index (χ1) is 31.8. The summed E-state index contributed by atoms with van der Waals surface area (Å²) >= 11 is 0. The van der Waals surface area contributed by atoms with Crippen molar-refractivity contribution in [2.24, 2.45) is 0 Å². The van der Waals surface area contributed by atoms with Gasteiger partial charge in [0.25, 0.3) is 0 Å². The highest BCUT2D eigenvalue weighted by Crippen LogP contribution is 2.57. The molecule has 0 unspecified atom stereocenters. The average Bonchev–Trinajstić information content (AvgIpc) is 4.09. The Bertz CT molecular complexity index is 3950. The topological polar surface area (TPSA) is 14.8 Å². The molecule has 0 bridgehead atoms. The van der Waals surface area contributed by atoms with Crippen molar-refractivity contribution in [2.75, 3.05) is 0 Å². The van der Waals surface area contributed by atoms with E-state index in [4.69, 9.17) is 0 Å². The summed E-state index contributed by atoms with van der Waals surface area (Å²) in [5.41, 5.74) is 17.8. The van der Waals surface area contributed by atoms with E-state index < -0.39 is 5.41 Å². The lowest BCUT2D eigenvalue weighted by Gasteiger charge is -2.33. The van der Waals surface area contributed by atoms with Crippen LogP contribution in [0, 0.1) is 0 Å². The number of hydrogen-bond donors (Lipinski definition) is 0. The summed E-state index contributed by atoms with van der Waals surface area (Å²) in [5, 5.41) is 7.44. The molecule has 3 aromatic heterocycles. The molecule has 64 heavy (non-hydrogen) atoms. The van der Waals surface area contributed by atoms with Crippen LogP contribution < -0.4 is 0 Å². The number of hydrogen-bond acceptors (Lipinski definition) is 0. The van der Waals surface area contributed by atoms with Gasteiger partial charge in [-0.25, -0.2) is 0 Å². The molecular weight excluding hydrogens is 775 g/mol. The van der Waals surface area contributed by atoms with Crippen LogP contribution in [0.5, 0.6) is 0 Å². The lowest BCUT2D eigenvalue weighted by atomic mass is 9.68. The first-order valence-electron chi connectivity index (χ1n) is 22.2. The summed E-state index contributed by atoms with van der Waals surface area (Å²) in [4.78, 5) is 0. The van der Waals surface area contributed by atoms with Crippen LogP contribution in [0.3, 0.4) is 0 Å². The zero-order chi connectivity index (χ0) is 41.9. The Labute approximate surface area is 369 Å². The minimum Gasteiger partial charge on any atom is -0.309 e. The molecule has 0 aliphatic heterocycles. The highest BCUT2D eigenvalue weighted by Gasteiger charge is 2.46. The fourth-order valence-electron chi connectivity index (χ4n) is 11.6. The van der Waals surface area contributed by atoms with Gasteiger partial charge in [-0.05, 0) is 94.0 Å². The number of para-hydroxylation sites is 4. The number of aromatic nitrogens is 3. The third-order valence-electron chi connectivity index (χ3n) is 14.1. The first kappa shape index (κ1) is 35.2. The van der Waals surface area contributed by atoms with Crippen molar-refractivity contribution in [2.45, 2.75) is 5.41 Å². The first-order valence-corrected chi connectivity index (χ1v) is 22.2. The minimum atomic E-state index is -0.472. The van der Waals surface area contributed by atoms with E-state index in [9.17, 15) is 0 Å². The molecule has 0 saturated carbocycles. The zero-order valence-electron chi connectivity index (χ0n) is 34.9. The van der Waals surface area contributed by atoms with Crippen molar-refractivity contribution < 1.29 is 0 Å². The molecule has 3 heteroatoms. The maximum atomic E-state index is 2.56. The van der Waals surface area contributed by atoms with Crippen LogP contribution in [0.25, 0.3) is 93.6 Å². The van der Waals surface area contributed by atoms with Crippen LogP contribution in [-0.4, -0.2) is 13.7 Å². The van der Waals surface area contributed by atoms with Gasteiger partial charge in [0.2, 0.25) is 0 Å². The van der Waals surface area contributed by atoms with Gasteiger partial charge < -0.3 is 13.7 Å². The summed E-state index contributed by atoms with van der Waals surface area (Å²) < 4.78 is 7.53. The van der Waals surface area contributed by atoms with Crippen LogP contribution >= 0.6 is 0 Å². The lowest BCUT2D eigenvalue weighted by Crippen LogP contribution is -2.28. The number of rotatable bonds is 5. The Morgan fingerprint density at radius 3 is 1.27 bits per heavy atom. The van der Waals surface area contributed by atoms with Gasteiger partial charge in [-0.3, -0.25) is 0 Å². The molecule has 1 aliphatic rings. The maximum Gasteiger partial charge on any atom is 0.0713 e. The second-order valence-corrected chi connectivity index (χ2v) is 17.2. The third-order valence-corrected chi connectivity index (χ3v) is 14.1. The maximum absolute atomic E-state index is 2.56. The van der Waals surface area contributed by atoms with Crippen molar-refractivity contribution in [3.8, 4) is 28.2 Å². The van der Waals surface area contributed by atoms with Gasteiger partial charge in [0.15, 0.2) is 0 Å². The molecule has 0 spiro atoms. The molecule has 298 valence electrons. The third kappa shape index (κ3) is 4.60. The van der Waals surface area contributed by atoms with E-state index in [0.717, 1.165) is 17.1 Å². The Morgan fingerprint density at radius 1 is 0.266 bits per heavy atom. The molecular formula is C61H39N3. The second kappa shape index (κ2) is 13.3. The molecule has 3 heterocycles. The van der Waals surface area contributed by atoms with E-state index in [2.05, 4.69) is 250 Å². The molecule has 13 aromatic rings. The Kier molecular flexibility index (Phi) is 7.32. The lowest BCUT2D eigenvalue weighted by molar-refractivity contribution is 0.768. The summed E-state index contributed by atoms with van der Waals surface area (Å²) in [5.74, 6) is 0. The van der Waals surface area contributed by atoms with E-state index in [1.165, 1.54) is 98.8 Å². The van der Waals surface area contributed by atoms with Crippen LogP contribution in [0.2, 0.25) is 0 Å². The molecule has 0 radical (unpaired) electrons. The summed E-state index contributed by atoms with van der Waals surface area (Å²) in [6, 6.07) is 87.5. The average molecular weight is 814 g/mol. The van der Waals surface area contributed by atoms with E-state index in [1.807, 2.05) is 0 Å². The highest BCUT2D eigenvalue weighted by molar-refractivity contribution is 6.33. The van der Waals surface area contributed by atoms with Gasteiger partial charge in [0.05, 0.1) is 38.5 Å². The van der Waals surface area contributed by atoms with Gasteiger partial charge in [0, 0.05) is 49.4 Å². The quantitative estimate of drug-likeness (QED) is 0.164. The smallest absolute Gasteiger partial charge is 0.0713 e.